The molecule has 3 nitrogen and oxygen atoms in total. The maximum Gasteiger partial charge on any atom is 0.104 e. The van der Waals surface area contributed by atoms with Crippen LogP contribution >= 0.6 is 0 Å². The molecule has 2 fully saturated rings. The van der Waals surface area contributed by atoms with Crippen LogP contribution in [0.4, 0.5) is 0 Å². The van der Waals surface area contributed by atoms with E-state index in [-0.39, 0.29) is 0 Å². The first-order valence-corrected chi connectivity index (χ1v) is 6.89. The van der Waals surface area contributed by atoms with Crippen molar-refractivity contribution in [1.82, 2.24) is 0 Å². The molecule has 0 saturated carbocycles. The molecule has 0 spiro atoms. The van der Waals surface area contributed by atoms with E-state index in [1.807, 2.05) is 0 Å². The van der Waals surface area contributed by atoms with Crippen molar-refractivity contribution < 1.29 is 14.2 Å². The van der Waals surface area contributed by atoms with Gasteiger partial charge in [-0.05, 0) is 12.8 Å². The van der Waals surface area contributed by atoms with Gasteiger partial charge in [-0.25, -0.2) is 0 Å². The molecule has 2 atom stereocenters. The van der Waals surface area contributed by atoms with Gasteiger partial charge in [0.2, 0.25) is 0 Å². The molecule has 0 aromatic rings. The molecular formula is C16H22O3. The normalized spacial score (nSPS) is 27.6. The zero-order valence-corrected chi connectivity index (χ0v) is 11.2. The van der Waals surface area contributed by atoms with Crippen LogP contribution < -0.4 is 0 Å². The predicted molar refractivity (Wildman–Crippen MR) is 76.1 cm³/mol. The molecule has 2 saturated heterocycles. The number of allylic oxidation sites excluding steroid dienone is 8. The first kappa shape index (κ1) is 14.3. The molecule has 0 aromatic carbocycles. The van der Waals surface area contributed by atoms with Crippen LogP contribution in [-0.2, 0) is 14.2 Å². The van der Waals surface area contributed by atoms with Gasteiger partial charge in [0.05, 0.1) is 26.4 Å². The maximum atomic E-state index is 5.23. The largest absolute Gasteiger partial charge is 0.376 e. The average molecular weight is 262 g/mol. The first-order valence-electron chi connectivity index (χ1n) is 6.89. The Morgan fingerprint density at radius 1 is 0.737 bits per heavy atom. The van der Waals surface area contributed by atoms with Crippen LogP contribution in [0.2, 0.25) is 0 Å². The van der Waals surface area contributed by atoms with Crippen LogP contribution in [0.25, 0.3) is 0 Å². The summed E-state index contributed by atoms with van der Waals surface area (Å²) < 4.78 is 15.1. The molecule has 0 amide bonds. The zero-order valence-electron chi connectivity index (χ0n) is 11.2. The van der Waals surface area contributed by atoms with Crippen molar-refractivity contribution >= 4 is 0 Å². The van der Waals surface area contributed by atoms with Gasteiger partial charge in [0.1, 0.15) is 12.2 Å². The highest BCUT2D eigenvalue weighted by atomic mass is 16.6. The lowest BCUT2D eigenvalue weighted by Gasteiger charge is -1.95. The minimum absolute atomic E-state index is 0.392. The van der Waals surface area contributed by atoms with Crippen LogP contribution in [0.1, 0.15) is 12.8 Å². The van der Waals surface area contributed by atoms with Gasteiger partial charge in [0, 0.05) is 0 Å². The Morgan fingerprint density at radius 2 is 1.11 bits per heavy atom. The molecule has 4 aliphatic rings. The Balaban J connectivity index is 0.000000114. The molecule has 4 rings (SSSR count). The van der Waals surface area contributed by atoms with Gasteiger partial charge in [-0.1, -0.05) is 48.6 Å². The molecule has 104 valence electrons. The lowest BCUT2D eigenvalue weighted by Crippen LogP contribution is -2.06. The van der Waals surface area contributed by atoms with Crippen LogP contribution in [-0.4, -0.2) is 38.6 Å². The smallest absolute Gasteiger partial charge is 0.104 e. The van der Waals surface area contributed by atoms with Crippen molar-refractivity contribution in [3.8, 4) is 0 Å². The summed E-state index contributed by atoms with van der Waals surface area (Å²) in [5.41, 5.74) is 0. The van der Waals surface area contributed by atoms with E-state index in [0.29, 0.717) is 12.2 Å². The van der Waals surface area contributed by atoms with Gasteiger partial charge >= 0.3 is 0 Å². The van der Waals surface area contributed by atoms with Crippen molar-refractivity contribution in [2.75, 3.05) is 26.4 Å². The van der Waals surface area contributed by atoms with E-state index in [2.05, 4.69) is 48.6 Å². The summed E-state index contributed by atoms with van der Waals surface area (Å²) in [6, 6.07) is 0. The van der Waals surface area contributed by atoms with Gasteiger partial charge < -0.3 is 14.2 Å². The third kappa shape index (κ3) is 8.54. The average Bonchev–Trinajstić information content (AvgIpc) is 3.29. The van der Waals surface area contributed by atoms with E-state index < -0.39 is 0 Å². The molecule has 0 N–H and O–H groups in total. The number of rotatable bonds is 4. The summed E-state index contributed by atoms with van der Waals surface area (Å²) in [6.45, 7) is 3.26. The first-order chi connectivity index (χ1) is 9.45. The number of ether oxygens (including phenoxy) is 3. The summed E-state index contributed by atoms with van der Waals surface area (Å²) in [7, 11) is 0. The maximum absolute atomic E-state index is 5.23. The fraction of sp³-hybridized carbons (Fsp3) is 0.500. The van der Waals surface area contributed by atoms with E-state index in [1.165, 1.54) is 0 Å². The monoisotopic (exact) mass is 262 g/mol. The summed E-state index contributed by atoms with van der Waals surface area (Å²) in [5, 5.41) is 0. The van der Waals surface area contributed by atoms with E-state index >= 15 is 0 Å². The van der Waals surface area contributed by atoms with Crippen molar-refractivity contribution in [3.63, 3.8) is 0 Å². The van der Waals surface area contributed by atoms with Gasteiger partial charge in [-0.3, -0.25) is 0 Å². The van der Waals surface area contributed by atoms with E-state index in [0.717, 1.165) is 39.3 Å². The standard InChI is InChI=1S/C6H10O3.2C5H6/c1(5-3-8-5)7-2-6-4-9-6;2*1-2-4-5-3-1/h5-6H,1-4H2;2*1-4H,5H2. The second kappa shape index (κ2) is 8.86. The van der Waals surface area contributed by atoms with Crippen molar-refractivity contribution in [2.24, 2.45) is 0 Å². The molecule has 2 aliphatic carbocycles. The summed E-state index contributed by atoms with van der Waals surface area (Å²) in [6.07, 6.45) is 19.8. The predicted octanol–water partition coefficient (Wildman–Crippen LogP) is 2.81. The van der Waals surface area contributed by atoms with Gasteiger partial charge in [0.25, 0.3) is 0 Å². The number of epoxide rings is 2. The molecule has 2 aliphatic heterocycles. The number of hydrogen-bond acceptors (Lipinski definition) is 3. The Kier molecular flexibility index (Phi) is 6.65. The van der Waals surface area contributed by atoms with Crippen LogP contribution in [0.5, 0.6) is 0 Å². The molecule has 2 heterocycles. The highest BCUT2D eigenvalue weighted by molar-refractivity contribution is 5.12. The lowest BCUT2D eigenvalue weighted by atomic mass is 10.5. The van der Waals surface area contributed by atoms with Crippen LogP contribution in [0.15, 0.2) is 48.6 Å². The van der Waals surface area contributed by atoms with Gasteiger partial charge in [-0.2, -0.15) is 0 Å². The highest BCUT2D eigenvalue weighted by Gasteiger charge is 2.26. The van der Waals surface area contributed by atoms with Gasteiger partial charge in [0.15, 0.2) is 0 Å². The lowest BCUT2D eigenvalue weighted by molar-refractivity contribution is 0.102. The number of hydrogen-bond donors (Lipinski definition) is 0. The third-order valence-corrected chi connectivity index (χ3v) is 2.72. The minimum atomic E-state index is 0.392. The molecule has 0 aromatic heterocycles. The van der Waals surface area contributed by atoms with Crippen LogP contribution in [0.3, 0.4) is 0 Å². The third-order valence-electron chi connectivity index (χ3n) is 2.72. The molecule has 3 heteroatoms. The molecular weight excluding hydrogens is 240 g/mol. The van der Waals surface area contributed by atoms with E-state index in [4.69, 9.17) is 14.2 Å². The molecule has 0 radical (unpaired) electrons. The Bertz CT molecular complexity index is 293. The van der Waals surface area contributed by atoms with Gasteiger partial charge in [-0.15, -0.1) is 0 Å². The molecule has 0 bridgehead atoms. The van der Waals surface area contributed by atoms with E-state index in [1.54, 1.807) is 0 Å². The fourth-order valence-electron chi connectivity index (χ4n) is 1.45. The summed E-state index contributed by atoms with van der Waals surface area (Å²) >= 11 is 0. The molecule has 19 heavy (non-hydrogen) atoms. The fourth-order valence-corrected chi connectivity index (χ4v) is 1.45. The second-order valence-electron chi connectivity index (χ2n) is 4.63. The second-order valence-corrected chi connectivity index (χ2v) is 4.63. The Morgan fingerprint density at radius 3 is 1.32 bits per heavy atom. The minimum Gasteiger partial charge on any atom is -0.376 e. The van der Waals surface area contributed by atoms with E-state index in [9.17, 15) is 0 Å². The zero-order chi connectivity index (χ0) is 13.2. The molecule has 2 unspecified atom stereocenters. The topological polar surface area (TPSA) is 34.3 Å². The summed E-state index contributed by atoms with van der Waals surface area (Å²) in [5.74, 6) is 0. The Hall–Kier alpha value is -1.16. The van der Waals surface area contributed by atoms with Crippen molar-refractivity contribution in [1.29, 1.82) is 0 Å². The summed E-state index contributed by atoms with van der Waals surface area (Å²) in [4.78, 5) is 0. The van der Waals surface area contributed by atoms with Crippen molar-refractivity contribution in [3.05, 3.63) is 48.6 Å². The quantitative estimate of drug-likeness (QED) is 0.731. The van der Waals surface area contributed by atoms with Crippen LogP contribution in [0, 0.1) is 0 Å². The Labute approximate surface area is 115 Å². The SMILES string of the molecule is C(OCC1CO1)C1CO1.C1=CCC=C1.C1=CCC=C1. The highest BCUT2D eigenvalue weighted by Crippen LogP contribution is 2.12. The van der Waals surface area contributed by atoms with Crippen molar-refractivity contribution in [2.45, 2.75) is 25.0 Å².